The van der Waals surface area contributed by atoms with Gasteiger partial charge in [-0.3, -0.25) is 4.57 Å². The Morgan fingerprint density at radius 3 is 2.50 bits per heavy atom. The molecule has 7 nitrogen and oxygen atoms in total. The maximum Gasteiger partial charge on any atom is 0.337 e. The number of carbonyl (C=O) groups is 1. The first-order valence-electron chi connectivity index (χ1n) is 6.72. The number of hydrogen-bond acceptors (Lipinski definition) is 5. The summed E-state index contributed by atoms with van der Waals surface area (Å²) in [4.78, 5) is 15.0. The lowest BCUT2D eigenvalue weighted by atomic mass is 10.2. The third-order valence-electron chi connectivity index (χ3n) is 3.31. The Morgan fingerprint density at radius 1 is 1.33 bits per heavy atom. The second-order valence-electron chi connectivity index (χ2n) is 4.81. The van der Waals surface area contributed by atoms with Crippen molar-refractivity contribution in [3.63, 3.8) is 0 Å². The Labute approximate surface area is 137 Å². The number of benzene rings is 1. The first kappa shape index (κ1) is 18.0. The van der Waals surface area contributed by atoms with Crippen molar-refractivity contribution in [2.75, 3.05) is 14.2 Å². The van der Waals surface area contributed by atoms with Crippen LogP contribution in [0.25, 0.3) is 0 Å². The van der Waals surface area contributed by atoms with Crippen molar-refractivity contribution in [2.24, 2.45) is 0 Å². The van der Waals surface area contributed by atoms with E-state index in [0.717, 1.165) is 10.5 Å². The van der Waals surface area contributed by atoms with Crippen molar-refractivity contribution in [3.8, 4) is 0 Å². The Kier molecular flexibility index (Phi) is 5.30. The highest BCUT2D eigenvalue weighted by molar-refractivity contribution is 7.89. The van der Waals surface area contributed by atoms with Crippen LogP contribution in [0.2, 0.25) is 0 Å². The highest BCUT2D eigenvalue weighted by atomic mass is 32.2. The van der Waals surface area contributed by atoms with Crippen molar-refractivity contribution in [1.29, 1.82) is 0 Å². The molecule has 0 aliphatic carbocycles. The quantitative estimate of drug-likeness (QED) is 0.736. The maximum atomic E-state index is 12.8. The van der Waals surface area contributed by atoms with Crippen molar-refractivity contribution < 1.29 is 26.7 Å². The number of methoxy groups -OCH3 is 1. The normalized spacial score (nSPS) is 11.9. The van der Waals surface area contributed by atoms with Gasteiger partial charge >= 0.3 is 12.5 Å². The molecule has 0 fully saturated rings. The van der Waals surface area contributed by atoms with E-state index in [1.165, 1.54) is 44.6 Å². The molecule has 0 radical (unpaired) electrons. The van der Waals surface area contributed by atoms with Gasteiger partial charge in [-0.15, -0.1) is 0 Å². The minimum Gasteiger partial charge on any atom is -0.465 e. The summed E-state index contributed by atoms with van der Waals surface area (Å²) < 4.78 is 56.6. The van der Waals surface area contributed by atoms with Crippen molar-refractivity contribution in [2.45, 2.75) is 18.0 Å². The SMILES string of the molecule is COC(=O)c1ccc(S(=O)(=O)N(C)Cc2nccn2C(F)F)cc1. The largest absolute Gasteiger partial charge is 0.465 e. The lowest BCUT2D eigenvalue weighted by Crippen LogP contribution is -2.28. The van der Waals surface area contributed by atoms with Gasteiger partial charge in [0.2, 0.25) is 10.0 Å². The number of alkyl halides is 2. The molecule has 0 N–H and O–H groups in total. The fourth-order valence-electron chi connectivity index (χ4n) is 1.99. The van der Waals surface area contributed by atoms with E-state index in [-0.39, 0.29) is 22.8 Å². The molecule has 0 saturated heterocycles. The van der Waals surface area contributed by atoms with Gasteiger partial charge in [0.1, 0.15) is 5.82 Å². The molecule has 0 atom stereocenters. The molecule has 1 aromatic carbocycles. The minimum atomic E-state index is -3.92. The summed E-state index contributed by atoms with van der Waals surface area (Å²) in [6.07, 6.45) is 2.25. The summed E-state index contributed by atoms with van der Waals surface area (Å²) >= 11 is 0. The Morgan fingerprint density at radius 2 is 1.96 bits per heavy atom. The number of halogens is 2. The number of aromatic nitrogens is 2. The molecule has 10 heteroatoms. The van der Waals surface area contributed by atoms with Crippen LogP contribution in [0, 0.1) is 0 Å². The van der Waals surface area contributed by atoms with E-state index in [2.05, 4.69) is 9.72 Å². The second kappa shape index (κ2) is 7.05. The van der Waals surface area contributed by atoms with E-state index in [0.29, 0.717) is 4.57 Å². The number of nitrogens with zero attached hydrogens (tertiary/aromatic N) is 3. The smallest absolute Gasteiger partial charge is 0.337 e. The molecule has 0 aliphatic heterocycles. The van der Waals surface area contributed by atoms with Crippen LogP contribution < -0.4 is 0 Å². The zero-order valence-electron chi connectivity index (χ0n) is 12.9. The van der Waals surface area contributed by atoms with Crippen LogP contribution in [0.5, 0.6) is 0 Å². The van der Waals surface area contributed by atoms with Crippen molar-refractivity contribution >= 4 is 16.0 Å². The number of ether oxygens (including phenoxy) is 1. The van der Waals surface area contributed by atoms with Gasteiger partial charge in [0.25, 0.3) is 0 Å². The Balaban J connectivity index is 2.23. The van der Waals surface area contributed by atoms with E-state index in [4.69, 9.17) is 0 Å². The third kappa shape index (κ3) is 3.60. The Bertz CT molecular complexity index is 819. The van der Waals surface area contributed by atoms with Gasteiger partial charge in [0.15, 0.2) is 0 Å². The molecule has 0 amide bonds. The average molecular weight is 359 g/mol. The second-order valence-corrected chi connectivity index (χ2v) is 6.85. The highest BCUT2D eigenvalue weighted by Crippen LogP contribution is 2.19. The standard InChI is InChI=1S/C14H15F2N3O4S/c1-18(9-12-17-7-8-19(12)14(15)16)24(21,22)11-5-3-10(4-6-11)13(20)23-2/h3-8,14H,9H2,1-2H3. The van der Waals surface area contributed by atoms with Gasteiger partial charge in [0.05, 0.1) is 24.1 Å². The van der Waals surface area contributed by atoms with Crippen LogP contribution in [0.15, 0.2) is 41.6 Å². The molecule has 0 unspecified atom stereocenters. The monoisotopic (exact) mass is 359 g/mol. The fourth-order valence-corrected chi connectivity index (χ4v) is 3.11. The van der Waals surface area contributed by atoms with Crippen LogP contribution in [0.3, 0.4) is 0 Å². The van der Waals surface area contributed by atoms with Crippen LogP contribution in [0.1, 0.15) is 22.7 Å². The molecule has 0 spiro atoms. The van der Waals surface area contributed by atoms with Crippen LogP contribution in [-0.4, -0.2) is 42.4 Å². The van der Waals surface area contributed by atoms with E-state index in [1.54, 1.807) is 0 Å². The van der Waals surface area contributed by atoms with Gasteiger partial charge in [-0.2, -0.15) is 13.1 Å². The number of hydrogen-bond donors (Lipinski definition) is 0. The molecule has 0 saturated carbocycles. The zero-order chi connectivity index (χ0) is 17.9. The van der Waals surface area contributed by atoms with Gasteiger partial charge < -0.3 is 4.74 Å². The molecule has 2 aromatic rings. The minimum absolute atomic E-state index is 0.0761. The summed E-state index contributed by atoms with van der Waals surface area (Å²) in [5.41, 5.74) is 0.201. The van der Waals surface area contributed by atoms with E-state index < -0.39 is 22.5 Å². The van der Waals surface area contributed by atoms with Crippen LogP contribution >= 0.6 is 0 Å². The third-order valence-corrected chi connectivity index (χ3v) is 5.12. The molecule has 1 aromatic heterocycles. The van der Waals surface area contributed by atoms with Crippen LogP contribution in [-0.2, 0) is 21.3 Å². The van der Waals surface area contributed by atoms with E-state index in [9.17, 15) is 22.0 Å². The fraction of sp³-hybridized carbons (Fsp3) is 0.286. The van der Waals surface area contributed by atoms with Gasteiger partial charge in [-0.25, -0.2) is 18.2 Å². The number of rotatable bonds is 6. The van der Waals surface area contributed by atoms with Crippen molar-refractivity contribution in [1.82, 2.24) is 13.9 Å². The summed E-state index contributed by atoms with van der Waals surface area (Å²) in [6.45, 7) is -3.13. The number of imidazole rings is 1. The molecule has 0 bridgehead atoms. The molecule has 130 valence electrons. The average Bonchev–Trinajstić information content (AvgIpc) is 3.02. The molecule has 2 rings (SSSR count). The lowest BCUT2D eigenvalue weighted by Gasteiger charge is -2.17. The number of sulfonamides is 1. The first-order valence-corrected chi connectivity index (χ1v) is 8.16. The maximum absolute atomic E-state index is 12.8. The molecule has 24 heavy (non-hydrogen) atoms. The van der Waals surface area contributed by atoms with E-state index in [1.807, 2.05) is 0 Å². The lowest BCUT2D eigenvalue weighted by molar-refractivity contribution is 0.0600. The number of esters is 1. The summed E-state index contributed by atoms with van der Waals surface area (Å²) in [5, 5.41) is 0. The molecule has 1 heterocycles. The van der Waals surface area contributed by atoms with Crippen LogP contribution in [0.4, 0.5) is 8.78 Å². The Hall–Kier alpha value is -2.33. The predicted octanol–water partition coefficient (Wildman–Crippen LogP) is 1.89. The topological polar surface area (TPSA) is 81.5 Å². The molecular weight excluding hydrogens is 344 g/mol. The summed E-state index contributed by atoms with van der Waals surface area (Å²) in [5.74, 6) is -0.673. The van der Waals surface area contributed by atoms with E-state index >= 15 is 0 Å². The molecule has 0 aliphatic rings. The van der Waals surface area contributed by atoms with Crippen molar-refractivity contribution in [3.05, 3.63) is 48.0 Å². The summed E-state index contributed by atoms with van der Waals surface area (Å²) in [7, 11) is -1.45. The highest BCUT2D eigenvalue weighted by Gasteiger charge is 2.24. The first-order chi connectivity index (χ1) is 11.3. The van der Waals surface area contributed by atoms with Gasteiger partial charge in [0, 0.05) is 19.4 Å². The summed E-state index contributed by atoms with van der Waals surface area (Å²) in [6, 6.07) is 5.12. The van der Waals surface area contributed by atoms with Gasteiger partial charge in [-0.1, -0.05) is 0 Å². The predicted molar refractivity (Wildman–Crippen MR) is 79.9 cm³/mol. The zero-order valence-corrected chi connectivity index (χ0v) is 13.7. The number of carbonyl (C=O) groups excluding carboxylic acids is 1. The van der Waals surface area contributed by atoms with Gasteiger partial charge in [-0.05, 0) is 24.3 Å². The molecular formula is C14H15F2N3O4S.